The number of pyridine rings is 1. The van der Waals surface area contributed by atoms with E-state index in [0.29, 0.717) is 28.6 Å². The van der Waals surface area contributed by atoms with E-state index in [9.17, 15) is 5.26 Å². The van der Waals surface area contributed by atoms with Crippen molar-refractivity contribution in [2.45, 2.75) is 78.4 Å². The van der Waals surface area contributed by atoms with E-state index in [1.165, 1.54) is 44.1 Å². The van der Waals surface area contributed by atoms with Crippen molar-refractivity contribution in [2.24, 2.45) is 0 Å². The molecule has 5 aromatic rings. The Morgan fingerprint density at radius 3 is 2.43 bits per heavy atom. The van der Waals surface area contributed by atoms with Crippen molar-refractivity contribution < 1.29 is 14.3 Å². The monoisotopic (exact) mass is 708 g/mol. The van der Waals surface area contributed by atoms with E-state index in [1.807, 2.05) is 37.4 Å². The average Bonchev–Trinajstić information content (AvgIpc) is 3.95. The van der Waals surface area contributed by atoms with Gasteiger partial charge in [0, 0.05) is 42.1 Å². The van der Waals surface area contributed by atoms with Crippen molar-refractivity contribution in [3.8, 4) is 28.7 Å². The molecule has 3 N–H and O–H groups in total. The van der Waals surface area contributed by atoms with Crippen LogP contribution in [0, 0.1) is 25.2 Å². The predicted octanol–water partition coefficient (Wildman–Crippen LogP) is 9.49. The number of oxazole rings is 1. The number of aromatic nitrogens is 2. The van der Waals surface area contributed by atoms with Crippen LogP contribution in [-0.4, -0.2) is 45.6 Å². The fourth-order valence-electron chi connectivity index (χ4n) is 7.60. The van der Waals surface area contributed by atoms with Gasteiger partial charge in [-0.1, -0.05) is 55.8 Å². The molecule has 0 amide bonds. The van der Waals surface area contributed by atoms with Crippen molar-refractivity contribution in [3.05, 3.63) is 113 Å². The first-order chi connectivity index (χ1) is 25.8. The topological polar surface area (TPSA) is 127 Å². The second-order valence-corrected chi connectivity index (χ2v) is 13.9. The summed E-state index contributed by atoms with van der Waals surface area (Å²) in [4.78, 5) is 20.7. The largest absolute Gasteiger partial charge is 0.483 e. The van der Waals surface area contributed by atoms with E-state index >= 15 is 0 Å². The number of fused-ring (bicyclic) bond motifs is 1. The fourth-order valence-corrected chi connectivity index (χ4v) is 7.60. The number of allylic oxidation sites excluding steroid dienone is 1. The van der Waals surface area contributed by atoms with Gasteiger partial charge in [-0.2, -0.15) is 5.26 Å². The Hall–Kier alpha value is -5.56. The van der Waals surface area contributed by atoms with Crippen molar-refractivity contribution in [3.63, 3.8) is 0 Å². The molecule has 2 fully saturated rings. The van der Waals surface area contributed by atoms with Crippen LogP contribution in [0.15, 0.2) is 77.9 Å². The van der Waals surface area contributed by atoms with Crippen molar-refractivity contribution in [2.75, 3.05) is 18.4 Å². The number of nitrogens with one attached hydrogen (secondary N) is 2. The molecule has 0 spiro atoms. The standard InChI is InChI=1S/C43H46N6O.CH2O2/c1-5-12-33-22-32(27-49-19-8-9-20-49)26-46-41(33)30(4)47-39-18-11-16-37(29(39)3)36-15-10-17-38(28(36)2)43-48-40-23-31(21-34(24-44)42(40)50-43)25-45-35-13-6-7-14-35;2-1-3/h5,10-12,15-18,21-23,26,35,45,47H,4,6-9,13-14,19-20,25,27H2,1-3H3;1H,(H,2,3)/b12-5-;. The number of hydrogen-bond acceptors (Lipinski definition) is 8. The second-order valence-electron chi connectivity index (χ2n) is 13.9. The van der Waals surface area contributed by atoms with E-state index < -0.39 is 0 Å². The molecule has 3 heterocycles. The number of anilines is 1. The Morgan fingerprint density at radius 1 is 1.02 bits per heavy atom. The highest BCUT2D eigenvalue weighted by atomic mass is 16.4. The average molecular weight is 709 g/mol. The minimum Gasteiger partial charge on any atom is -0.483 e. The summed E-state index contributed by atoms with van der Waals surface area (Å²) < 4.78 is 6.32. The minimum atomic E-state index is -0.250. The molecule has 3 aromatic carbocycles. The van der Waals surface area contributed by atoms with Crippen LogP contribution in [-0.2, 0) is 17.9 Å². The molecule has 9 heteroatoms. The normalized spacial score (nSPS) is 14.7. The second kappa shape index (κ2) is 17.3. The smallest absolute Gasteiger partial charge is 0.290 e. The molecule has 0 bridgehead atoms. The molecule has 0 atom stereocenters. The number of likely N-dealkylation sites (tertiary alicyclic amines) is 1. The maximum absolute atomic E-state index is 9.99. The Kier molecular flexibility index (Phi) is 12.1. The molecule has 272 valence electrons. The lowest BCUT2D eigenvalue weighted by Gasteiger charge is -2.19. The van der Waals surface area contributed by atoms with Gasteiger partial charge >= 0.3 is 0 Å². The number of nitrogens with zero attached hydrogens (tertiary/aromatic N) is 4. The maximum Gasteiger partial charge on any atom is 0.290 e. The number of hydrogen-bond donors (Lipinski definition) is 3. The number of carboxylic acid groups (broad SMARTS) is 1. The Morgan fingerprint density at radius 2 is 1.72 bits per heavy atom. The van der Waals surface area contributed by atoms with Crippen LogP contribution in [0.4, 0.5) is 5.69 Å². The fraction of sp³-hybridized carbons (Fsp3) is 0.318. The first kappa shape index (κ1) is 37.2. The lowest BCUT2D eigenvalue weighted by Crippen LogP contribution is -2.25. The third-order valence-corrected chi connectivity index (χ3v) is 10.3. The van der Waals surface area contributed by atoms with Crippen LogP contribution in [0.3, 0.4) is 0 Å². The van der Waals surface area contributed by atoms with Gasteiger partial charge in [0.25, 0.3) is 6.47 Å². The third kappa shape index (κ3) is 8.57. The van der Waals surface area contributed by atoms with Gasteiger partial charge in [0.05, 0.1) is 17.0 Å². The molecule has 9 nitrogen and oxygen atoms in total. The zero-order valence-corrected chi connectivity index (χ0v) is 30.9. The van der Waals surface area contributed by atoms with Crippen molar-refractivity contribution in [1.29, 1.82) is 5.26 Å². The summed E-state index contributed by atoms with van der Waals surface area (Å²) in [5.74, 6) is 0.521. The first-order valence-corrected chi connectivity index (χ1v) is 18.5. The molecule has 1 saturated heterocycles. The lowest BCUT2D eigenvalue weighted by molar-refractivity contribution is -0.122. The first-order valence-electron chi connectivity index (χ1n) is 18.5. The highest BCUT2D eigenvalue weighted by Gasteiger charge is 2.20. The van der Waals surface area contributed by atoms with Crippen molar-refractivity contribution in [1.82, 2.24) is 20.2 Å². The van der Waals surface area contributed by atoms with Crippen LogP contribution in [0.1, 0.15) is 84.5 Å². The molecule has 0 radical (unpaired) electrons. The Bertz CT molecular complexity index is 2170. The number of benzene rings is 3. The molecule has 1 aliphatic heterocycles. The highest BCUT2D eigenvalue weighted by molar-refractivity contribution is 5.87. The van der Waals surface area contributed by atoms with Crippen LogP contribution >= 0.6 is 0 Å². The van der Waals surface area contributed by atoms with Gasteiger partial charge < -0.3 is 20.2 Å². The van der Waals surface area contributed by atoms with Gasteiger partial charge in [-0.15, -0.1) is 0 Å². The highest BCUT2D eigenvalue weighted by Crippen LogP contribution is 2.37. The van der Waals surface area contributed by atoms with Gasteiger partial charge in [0.1, 0.15) is 11.6 Å². The van der Waals surface area contributed by atoms with Gasteiger partial charge in [-0.05, 0) is 123 Å². The molecule has 7 rings (SSSR count). The number of carbonyl (C=O) groups is 1. The van der Waals surface area contributed by atoms with Crippen LogP contribution in [0.2, 0.25) is 0 Å². The van der Waals surface area contributed by atoms with E-state index in [1.54, 1.807) is 0 Å². The summed E-state index contributed by atoms with van der Waals surface area (Å²) in [7, 11) is 0. The van der Waals surface area contributed by atoms with E-state index in [-0.39, 0.29) is 6.47 Å². The number of rotatable bonds is 11. The Labute approximate surface area is 312 Å². The zero-order chi connectivity index (χ0) is 37.3. The van der Waals surface area contributed by atoms with Crippen LogP contribution in [0.25, 0.3) is 45.5 Å². The van der Waals surface area contributed by atoms with Gasteiger partial charge in [0.15, 0.2) is 5.58 Å². The van der Waals surface area contributed by atoms with Crippen LogP contribution < -0.4 is 10.6 Å². The zero-order valence-electron chi connectivity index (χ0n) is 30.9. The summed E-state index contributed by atoms with van der Waals surface area (Å²) in [5.41, 5.74) is 13.0. The van der Waals surface area contributed by atoms with E-state index in [2.05, 4.69) is 84.5 Å². The number of nitriles is 1. The van der Waals surface area contributed by atoms with Gasteiger partial charge in [-0.25, -0.2) is 4.98 Å². The molecular formula is C44H48N6O3. The molecule has 53 heavy (non-hydrogen) atoms. The molecule has 1 saturated carbocycles. The summed E-state index contributed by atoms with van der Waals surface area (Å²) in [6.45, 7) is 14.4. The SMILES string of the molecule is C=C(Nc1cccc(-c2cccc(-c3nc4cc(CNC5CCCC5)cc(C#N)c4o3)c2C)c1C)c1ncc(CN2CCCC2)cc1/C=C\C.O=CO. The van der Waals surface area contributed by atoms with Gasteiger partial charge in [-0.3, -0.25) is 14.7 Å². The van der Waals surface area contributed by atoms with Crippen LogP contribution in [0.5, 0.6) is 0 Å². The minimum absolute atomic E-state index is 0.250. The molecule has 2 aromatic heterocycles. The molecule has 2 aliphatic rings. The lowest BCUT2D eigenvalue weighted by atomic mass is 9.92. The molecule has 1 aliphatic carbocycles. The Balaban J connectivity index is 0.00000155. The summed E-state index contributed by atoms with van der Waals surface area (Å²) in [5, 5.41) is 24.1. The van der Waals surface area contributed by atoms with E-state index in [0.717, 1.165) is 82.2 Å². The third-order valence-electron chi connectivity index (χ3n) is 10.3. The van der Waals surface area contributed by atoms with Crippen molar-refractivity contribution >= 4 is 35.0 Å². The summed E-state index contributed by atoms with van der Waals surface area (Å²) >= 11 is 0. The quantitative estimate of drug-likeness (QED) is 0.115. The predicted molar refractivity (Wildman–Crippen MR) is 213 cm³/mol. The van der Waals surface area contributed by atoms with Gasteiger partial charge in [0.2, 0.25) is 5.89 Å². The maximum atomic E-state index is 9.99. The molecule has 0 unspecified atom stereocenters. The van der Waals surface area contributed by atoms with E-state index in [4.69, 9.17) is 24.3 Å². The molecular weight excluding hydrogens is 661 g/mol. The summed E-state index contributed by atoms with van der Waals surface area (Å²) in [6.07, 6.45) is 13.7. The summed E-state index contributed by atoms with van der Waals surface area (Å²) in [6, 6.07) is 21.6.